The largest absolute Gasteiger partial charge is 0.375 e. The van der Waals surface area contributed by atoms with Gasteiger partial charge in [0.05, 0.1) is 24.6 Å². The predicted octanol–water partition coefficient (Wildman–Crippen LogP) is 2.18. The number of morpholine rings is 1. The van der Waals surface area contributed by atoms with E-state index in [1.807, 2.05) is 6.92 Å². The lowest BCUT2D eigenvalue weighted by Crippen LogP contribution is -2.47. The number of carbonyl (C=O) groups is 1. The molecule has 2 atom stereocenters. The van der Waals surface area contributed by atoms with E-state index in [-0.39, 0.29) is 23.8 Å². The second-order valence-corrected chi connectivity index (χ2v) is 5.32. The average molecular weight is 275 g/mol. The Kier molecular flexibility index (Phi) is 4.01. The molecule has 0 aromatic carbocycles. The van der Waals surface area contributed by atoms with Crippen LogP contribution in [0.2, 0.25) is 0 Å². The van der Waals surface area contributed by atoms with Crippen molar-refractivity contribution >= 4 is 33.9 Å². The highest BCUT2D eigenvalue weighted by Crippen LogP contribution is 2.25. The molecule has 1 aromatic heterocycles. The Labute approximate surface area is 110 Å². The summed E-state index contributed by atoms with van der Waals surface area (Å²) in [5, 5.41) is 2.65. The molecule has 1 fully saturated rings. The number of ketones is 1. The summed E-state index contributed by atoms with van der Waals surface area (Å²) in [4.78, 5) is 18.0. The van der Waals surface area contributed by atoms with E-state index in [0.29, 0.717) is 12.3 Å². The average Bonchev–Trinajstić information content (AvgIpc) is 2.80. The molecule has 0 radical (unpaired) electrons. The quantitative estimate of drug-likeness (QED) is 0.626. The number of rotatable bonds is 3. The molecule has 0 spiro atoms. The highest BCUT2D eigenvalue weighted by atomic mass is 35.5. The number of nitrogens with zero attached hydrogens (tertiary/aromatic N) is 2. The fraction of sp³-hybridized carbons (Fsp3) is 0.636. The summed E-state index contributed by atoms with van der Waals surface area (Å²) in [7, 11) is 0. The van der Waals surface area contributed by atoms with Crippen molar-refractivity contribution in [3.05, 3.63) is 11.1 Å². The molecule has 0 saturated carbocycles. The van der Waals surface area contributed by atoms with Crippen molar-refractivity contribution in [2.45, 2.75) is 26.0 Å². The Hall–Kier alpha value is -0.650. The Morgan fingerprint density at radius 2 is 2.47 bits per heavy atom. The Morgan fingerprint density at radius 1 is 1.71 bits per heavy atom. The highest BCUT2D eigenvalue weighted by Gasteiger charge is 2.26. The van der Waals surface area contributed by atoms with Gasteiger partial charge in [-0.1, -0.05) is 0 Å². The number of alkyl halides is 1. The first kappa shape index (κ1) is 12.8. The van der Waals surface area contributed by atoms with E-state index in [9.17, 15) is 4.79 Å². The van der Waals surface area contributed by atoms with Crippen LogP contribution in [-0.4, -0.2) is 41.9 Å². The van der Waals surface area contributed by atoms with Crippen LogP contribution in [0.1, 0.15) is 24.3 Å². The second-order valence-electron chi connectivity index (χ2n) is 4.22. The first-order valence-corrected chi connectivity index (χ1v) is 6.96. The summed E-state index contributed by atoms with van der Waals surface area (Å²) in [5.41, 5.74) is 0.464. The molecule has 1 aromatic rings. The van der Waals surface area contributed by atoms with Crippen LogP contribution in [0.3, 0.4) is 0 Å². The normalized spacial score (nSPS) is 25.0. The Morgan fingerprint density at radius 3 is 3.18 bits per heavy atom. The van der Waals surface area contributed by atoms with Crippen molar-refractivity contribution in [1.82, 2.24) is 4.98 Å². The maximum absolute atomic E-state index is 11.4. The van der Waals surface area contributed by atoms with Gasteiger partial charge in [-0.25, -0.2) is 4.98 Å². The SMILES string of the molecule is CC1CN(c2nc(C(=O)CCl)cs2)C(C)CO1. The third kappa shape index (κ3) is 2.78. The maximum Gasteiger partial charge on any atom is 0.196 e. The van der Waals surface area contributed by atoms with Crippen LogP contribution in [0.5, 0.6) is 0 Å². The highest BCUT2D eigenvalue weighted by molar-refractivity contribution is 7.14. The lowest BCUT2D eigenvalue weighted by molar-refractivity contribution is 0.0343. The van der Waals surface area contributed by atoms with E-state index in [2.05, 4.69) is 16.8 Å². The minimum atomic E-state index is -0.122. The number of anilines is 1. The van der Waals surface area contributed by atoms with Gasteiger partial charge in [0.25, 0.3) is 0 Å². The molecule has 0 bridgehead atoms. The maximum atomic E-state index is 11.4. The number of aromatic nitrogens is 1. The molecule has 0 aliphatic carbocycles. The molecule has 2 unspecified atom stereocenters. The molecule has 0 amide bonds. The topological polar surface area (TPSA) is 42.4 Å². The number of carbonyl (C=O) groups excluding carboxylic acids is 1. The molecule has 94 valence electrons. The molecule has 1 saturated heterocycles. The molecular weight excluding hydrogens is 260 g/mol. The van der Waals surface area contributed by atoms with Crippen molar-refractivity contribution < 1.29 is 9.53 Å². The van der Waals surface area contributed by atoms with Gasteiger partial charge in [0.15, 0.2) is 10.9 Å². The molecule has 2 heterocycles. The minimum absolute atomic E-state index is 0.0156. The lowest BCUT2D eigenvalue weighted by Gasteiger charge is -2.36. The third-order valence-corrected chi connectivity index (χ3v) is 3.87. The molecule has 4 nitrogen and oxygen atoms in total. The van der Waals surface area contributed by atoms with Crippen molar-refractivity contribution in [1.29, 1.82) is 0 Å². The van der Waals surface area contributed by atoms with E-state index in [4.69, 9.17) is 16.3 Å². The van der Waals surface area contributed by atoms with Crippen molar-refractivity contribution in [2.24, 2.45) is 0 Å². The van der Waals surface area contributed by atoms with Gasteiger partial charge in [-0.15, -0.1) is 22.9 Å². The molecular formula is C11H15ClN2O2S. The van der Waals surface area contributed by atoms with Crippen molar-refractivity contribution in [3.8, 4) is 0 Å². The van der Waals surface area contributed by atoms with Crippen LogP contribution in [0.15, 0.2) is 5.38 Å². The minimum Gasteiger partial charge on any atom is -0.375 e. The van der Waals surface area contributed by atoms with Crippen molar-refractivity contribution in [2.75, 3.05) is 23.9 Å². The molecule has 0 N–H and O–H groups in total. The molecule has 1 aliphatic heterocycles. The summed E-state index contributed by atoms with van der Waals surface area (Å²) in [6.45, 7) is 5.64. The van der Waals surface area contributed by atoms with Gasteiger partial charge < -0.3 is 9.64 Å². The van der Waals surface area contributed by atoms with E-state index in [0.717, 1.165) is 11.7 Å². The Bertz CT molecular complexity index is 410. The molecule has 1 aliphatic rings. The number of hydrogen-bond acceptors (Lipinski definition) is 5. The lowest BCUT2D eigenvalue weighted by atomic mass is 10.2. The predicted molar refractivity (Wildman–Crippen MR) is 69.4 cm³/mol. The first-order chi connectivity index (χ1) is 8.11. The van der Waals surface area contributed by atoms with E-state index >= 15 is 0 Å². The number of ether oxygens (including phenoxy) is 1. The summed E-state index contributed by atoms with van der Waals surface area (Å²) < 4.78 is 5.56. The van der Waals surface area contributed by atoms with E-state index < -0.39 is 0 Å². The fourth-order valence-electron chi connectivity index (χ4n) is 1.76. The molecule has 2 rings (SSSR count). The number of Topliss-reactive ketones (excluding diaryl/α,β-unsaturated/α-hetero) is 1. The van der Waals surface area contributed by atoms with E-state index in [1.165, 1.54) is 11.3 Å². The number of halogens is 1. The zero-order valence-corrected chi connectivity index (χ0v) is 11.4. The van der Waals surface area contributed by atoms with Gasteiger partial charge in [0.1, 0.15) is 5.69 Å². The Balaban J connectivity index is 2.15. The zero-order valence-electron chi connectivity index (χ0n) is 9.85. The first-order valence-electron chi connectivity index (χ1n) is 5.54. The monoisotopic (exact) mass is 274 g/mol. The van der Waals surface area contributed by atoms with Gasteiger partial charge in [-0.05, 0) is 13.8 Å². The van der Waals surface area contributed by atoms with Crippen LogP contribution in [0, 0.1) is 0 Å². The number of thiazole rings is 1. The van der Waals surface area contributed by atoms with Gasteiger partial charge in [-0.3, -0.25) is 4.79 Å². The van der Waals surface area contributed by atoms with Crippen LogP contribution in [0.4, 0.5) is 5.13 Å². The second kappa shape index (κ2) is 5.33. The smallest absolute Gasteiger partial charge is 0.196 e. The van der Waals surface area contributed by atoms with Crippen molar-refractivity contribution in [3.63, 3.8) is 0 Å². The standard InChI is InChI=1S/C11H15ClN2O2S/c1-7-5-16-8(2)4-14(7)11-13-9(6-17-11)10(15)3-12/h6-8H,3-5H2,1-2H3. The van der Waals surface area contributed by atoms with Crippen LogP contribution < -0.4 is 4.90 Å². The van der Waals surface area contributed by atoms with Crippen LogP contribution >= 0.6 is 22.9 Å². The van der Waals surface area contributed by atoms with E-state index in [1.54, 1.807) is 5.38 Å². The molecule has 6 heteroatoms. The third-order valence-electron chi connectivity index (χ3n) is 2.75. The van der Waals surface area contributed by atoms with Gasteiger partial charge in [0, 0.05) is 11.9 Å². The summed E-state index contributed by atoms with van der Waals surface area (Å²) in [6.07, 6.45) is 0.197. The van der Waals surface area contributed by atoms with Crippen LogP contribution in [-0.2, 0) is 4.74 Å². The fourth-order valence-corrected chi connectivity index (χ4v) is 2.84. The summed E-state index contributed by atoms with van der Waals surface area (Å²) in [5.74, 6) is -0.138. The summed E-state index contributed by atoms with van der Waals surface area (Å²) in [6, 6.07) is 0.288. The molecule has 17 heavy (non-hydrogen) atoms. The zero-order chi connectivity index (χ0) is 12.4. The van der Waals surface area contributed by atoms with Crippen LogP contribution in [0.25, 0.3) is 0 Å². The van der Waals surface area contributed by atoms with Gasteiger partial charge in [-0.2, -0.15) is 0 Å². The van der Waals surface area contributed by atoms with Gasteiger partial charge >= 0.3 is 0 Å². The summed E-state index contributed by atoms with van der Waals surface area (Å²) >= 11 is 7.00. The number of hydrogen-bond donors (Lipinski definition) is 0. The van der Waals surface area contributed by atoms with Gasteiger partial charge in [0.2, 0.25) is 0 Å².